The highest BCUT2D eigenvalue weighted by Gasteiger charge is 2.24. The Morgan fingerprint density at radius 2 is 1.89 bits per heavy atom. The Kier molecular flexibility index (Phi) is 6.64. The van der Waals surface area contributed by atoms with Crippen molar-refractivity contribution in [3.05, 3.63) is 95.2 Å². The molecule has 0 aliphatic carbocycles. The summed E-state index contributed by atoms with van der Waals surface area (Å²) in [6.45, 7) is 4.16. The van der Waals surface area contributed by atoms with Gasteiger partial charge >= 0.3 is 6.09 Å². The molecule has 8 nitrogen and oxygen atoms in total. The molecule has 8 heteroatoms. The minimum absolute atomic E-state index is 0.168. The molecule has 0 radical (unpaired) electrons. The van der Waals surface area contributed by atoms with Crippen LogP contribution in [0.2, 0.25) is 0 Å². The molecule has 2 amide bonds. The molecule has 5 N–H and O–H groups in total. The van der Waals surface area contributed by atoms with Gasteiger partial charge in [0.1, 0.15) is 11.9 Å². The van der Waals surface area contributed by atoms with Gasteiger partial charge < -0.3 is 21.1 Å². The lowest BCUT2D eigenvalue weighted by Gasteiger charge is -2.24. The largest absolute Gasteiger partial charge is 0.449 e. The standard InChI is InChI=1S/C29H29N5O3/c1-17-14-22-7-6-19(17)11-13-37-29(36)34-23-5-3-4-20(15-23)18(2)32-28(35)26(22)33-24-8-9-25-21(16-24)10-12-31-27(25)30/h3-10,12,14-16,18,26,33H,11,13H2,1-2H3,(H2,30,31)(H,32,35)(H,34,36). The zero-order valence-electron chi connectivity index (χ0n) is 20.7. The first kappa shape index (κ1) is 24.1. The van der Waals surface area contributed by atoms with Gasteiger partial charge in [-0.05, 0) is 77.9 Å². The molecule has 2 unspecified atom stereocenters. The fourth-order valence-electron chi connectivity index (χ4n) is 4.61. The van der Waals surface area contributed by atoms with Crippen molar-refractivity contribution in [2.24, 2.45) is 0 Å². The summed E-state index contributed by atoms with van der Waals surface area (Å²) in [5, 5.41) is 11.1. The summed E-state index contributed by atoms with van der Waals surface area (Å²) in [4.78, 5) is 30.1. The van der Waals surface area contributed by atoms with Crippen LogP contribution in [0.5, 0.6) is 0 Å². The molecule has 2 aliphatic heterocycles. The lowest BCUT2D eigenvalue weighted by molar-refractivity contribution is -0.122. The van der Waals surface area contributed by atoms with Crippen molar-refractivity contribution in [2.75, 3.05) is 23.0 Å². The number of nitrogens with two attached hydrogens (primary N) is 1. The minimum Gasteiger partial charge on any atom is -0.449 e. The molecule has 2 aliphatic rings. The summed E-state index contributed by atoms with van der Waals surface area (Å²) in [5.74, 6) is 0.299. The molecule has 1 aromatic heterocycles. The van der Waals surface area contributed by atoms with E-state index in [1.165, 1.54) is 0 Å². The highest BCUT2D eigenvalue weighted by Crippen LogP contribution is 2.28. The van der Waals surface area contributed by atoms with Gasteiger partial charge in [-0.15, -0.1) is 0 Å². The zero-order valence-corrected chi connectivity index (χ0v) is 20.7. The van der Waals surface area contributed by atoms with Crippen LogP contribution in [0.25, 0.3) is 10.8 Å². The molecule has 6 rings (SSSR count). The van der Waals surface area contributed by atoms with E-state index in [1.54, 1.807) is 12.3 Å². The van der Waals surface area contributed by atoms with E-state index in [-0.39, 0.29) is 18.6 Å². The summed E-state index contributed by atoms with van der Waals surface area (Å²) in [6, 6.07) is 20.0. The van der Waals surface area contributed by atoms with Crippen molar-refractivity contribution < 1.29 is 14.3 Å². The Morgan fingerprint density at radius 3 is 2.73 bits per heavy atom. The lowest BCUT2D eigenvalue weighted by atomic mass is 9.97. The van der Waals surface area contributed by atoms with Crippen molar-refractivity contribution in [1.29, 1.82) is 0 Å². The van der Waals surface area contributed by atoms with Crippen molar-refractivity contribution in [3.8, 4) is 0 Å². The number of nitrogen functional groups attached to an aromatic ring is 1. The maximum atomic E-state index is 13.7. The predicted octanol–water partition coefficient (Wildman–Crippen LogP) is 5.26. The van der Waals surface area contributed by atoms with E-state index in [0.717, 1.165) is 38.7 Å². The first-order valence-corrected chi connectivity index (χ1v) is 12.2. The van der Waals surface area contributed by atoms with E-state index >= 15 is 0 Å². The molecule has 0 saturated heterocycles. The molecule has 3 aromatic carbocycles. The SMILES string of the molecule is Cc1cc2ccc1CCOC(=O)Nc1cccc(c1)C(C)NC(=O)C2Nc1ccc2c(N)nccc2c1. The maximum absolute atomic E-state index is 13.7. The van der Waals surface area contributed by atoms with Gasteiger partial charge in [0, 0.05) is 29.4 Å². The molecule has 2 atom stereocenters. The van der Waals surface area contributed by atoms with Gasteiger partial charge in [-0.1, -0.05) is 30.3 Å². The molecule has 4 bridgehead atoms. The molecule has 0 saturated carbocycles. The van der Waals surface area contributed by atoms with Crippen LogP contribution in [0.4, 0.5) is 22.0 Å². The molecule has 0 spiro atoms. The van der Waals surface area contributed by atoms with E-state index in [0.29, 0.717) is 17.9 Å². The average Bonchev–Trinajstić information content (AvgIpc) is 2.88. The maximum Gasteiger partial charge on any atom is 0.411 e. The van der Waals surface area contributed by atoms with Crippen molar-refractivity contribution >= 4 is 40.0 Å². The van der Waals surface area contributed by atoms with Crippen LogP contribution in [0.3, 0.4) is 0 Å². The van der Waals surface area contributed by atoms with Gasteiger partial charge in [-0.3, -0.25) is 10.1 Å². The zero-order chi connectivity index (χ0) is 25.9. The number of benzene rings is 3. The molecule has 3 heterocycles. The van der Waals surface area contributed by atoms with Crippen molar-refractivity contribution in [1.82, 2.24) is 10.3 Å². The van der Waals surface area contributed by atoms with Gasteiger partial charge in [-0.25, -0.2) is 9.78 Å². The van der Waals surface area contributed by atoms with Gasteiger partial charge in [0.2, 0.25) is 5.91 Å². The monoisotopic (exact) mass is 495 g/mol. The highest BCUT2D eigenvalue weighted by atomic mass is 16.5. The van der Waals surface area contributed by atoms with Crippen molar-refractivity contribution in [2.45, 2.75) is 32.4 Å². The molecule has 188 valence electrons. The number of pyridine rings is 1. The number of nitrogens with zero attached hydrogens (tertiary/aromatic N) is 1. The van der Waals surface area contributed by atoms with Crippen molar-refractivity contribution in [3.63, 3.8) is 0 Å². The molecule has 4 aromatic rings. The Labute approximate surface area is 215 Å². The first-order valence-electron chi connectivity index (χ1n) is 12.2. The molecular weight excluding hydrogens is 466 g/mol. The third-order valence-corrected chi connectivity index (χ3v) is 6.66. The lowest BCUT2D eigenvalue weighted by Crippen LogP contribution is -2.35. The fourth-order valence-corrected chi connectivity index (χ4v) is 4.61. The van der Waals surface area contributed by atoms with Gasteiger partial charge in [0.15, 0.2) is 0 Å². The number of anilines is 3. The van der Waals surface area contributed by atoms with E-state index in [2.05, 4.69) is 20.9 Å². The third-order valence-electron chi connectivity index (χ3n) is 6.66. The first-order chi connectivity index (χ1) is 17.9. The van der Waals surface area contributed by atoms with Crippen LogP contribution >= 0.6 is 0 Å². The van der Waals surface area contributed by atoms with E-state index in [4.69, 9.17) is 10.5 Å². The Balaban J connectivity index is 1.52. The van der Waals surface area contributed by atoms with Gasteiger partial charge in [-0.2, -0.15) is 0 Å². The van der Waals surface area contributed by atoms with Crippen LogP contribution in [0.15, 0.2) is 72.9 Å². The van der Waals surface area contributed by atoms with Crippen LogP contribution in [-0.4, -0.2) is 23.6 Å². The van der Waals surface area contributed by atoms with Gasteiger partial charge in [0.05, 0.1) is 12.6 Å². The summed E-state index contributed by atoms with van der Waals surface area (Å²) < 4.78 is 5.39. The molecular formula is C29H29N5O3. The number of hydrogen-bond acceptors (Lipinski definition) is 6. The number of fused-ring (bicyclic) bond motifs is 10. The van der Waals surface area contributed by atoms with E-state index < -0.39 is 12.1 Å². The number of hydrogen-bond donors (Lipinski definition) is 4. The quantitative estimate of drug-likeness (QED) is 0.301. The van der Waals surface area contributed by atoms with Crippen LogP contribution in [0, 0.1) is 6.92 Å². The molecule has 37 heavy (non-hydrogen) atoms. The fraction of sp³-hybridized carbons (Fsp3) is 0.207. The summed E-state index contributed by atoms with van der Waals surface area (Å²) >= 11 is 0. The second-order valence-electron chi connectivity index (χ2n) is 9.26. The average molecular weight is 496 g/mol. The Hall–Kier alpha value is -4.59. The highest BCUT2D eigenvalue weighted by molar-refractivity contribution is 5.94. The van der Waals surface area contributed by atoms with Gasteiger partial charge in [0.25, 0.3) is 0 Å². The summed E-state index contributed by atoms with van der Waals surface area (Å²) in [6.07, 6.45) is 1.73. The number of amides is 2. The Bertz CT molecular complexity index is 1490. The second kappa shape index (κ2) is 10.2. The summed E-state index contributed by atoms with van der Waals surface area (Å²) in [5.41, 5.74) is 11.2. The van der Waals surface area contributed by atoms with Crippen LogP contribution in [-0.2, 0) is 16.0 Å². The van der Waals surface area contributed by atoms with E-state index in [1.807, 2.05) is 74.5 Å². The minimum atomic E-state index is -0.640. The second-order valence-corrected chi connectivity index (χ2v) is 9.26. The number of rotatable bonds is 2. The number of carbonyl (C=O) groups excluding carboxylic acids is 2. The Morgan fingerprint density at radius 1 is 1.03 bits per heavy atom. The third kappa shape index (κ3) is 5.33. The summed E-state index contributed by atoms with van der Waals surface area (Å²) in [7, 11) is 0. The smallest absolute Gasteiger partial charge is 0.411 e. The van der Waals surface area contributed by atoms with Crippen LogP contribution < -0.4 is 21.7 Å². The topological polar surface area (TPSA) is 118 Å². The number of nitrogens with one attached hydrogen (secondary N) is 3. The molecule has 0 fully saturated rings. The van der Waals surface area contributed by atoms with Crippen LogP contribution in [0.1, 0.15) is 41.3 Å². The van der Waals surface area contributed by atoms with E-state index in [9.17, 15) is 9.59 Å². The number of aryl methyl sites for hydroxylation is 1. The normalized spacial score (nSPS) is 18.1. The number of carbonyl (C=O) groups is 2. The number of aromatic nitrogens is 1. The number of ether oxygens (including phenoxy) is 1. The predicted molar refractivity (Wildman–Crippen MR) is 145 cm³/mol.